The Kier molecular flexibility index (Phi) is 3.11. The lowest BCUT2D eigenvalue weighted by Crippen LogP contribution is -1.99. The van der Waals surface area contributed by atoms with E-state index in [1.807, 2.05) is 48.7 Å². The molecule has 0 radical (unpaired) electrons. The van der Waals surface area contributed by atoms with Gasteiger partial charge in [0.15, 0.2) is 0 Å². The highest BCUT2D eigenvalue weighted by Crippen LogP contribution is 2.21. The summed E-state index contributed by atoms with van der Waals surface area (Å²) in [4.78, 5) is 8.84. The monoisotopic (exact) mass is 250 g/mol. The first-order valence-electron chi connectivity index (χ1n) is 6.18. The lowest BCUT2D eigenvalue weighted by Gasteiger charge is -1.98. The fraction of sp³-hybridized carbons (Fsp3) is 0.125. The first-order chi connectivity index (χ1) is 9.36. The van der Waals surface area contributed by atoms with E-state index in [4.69, 9.17) is 4.74 Å². The first-order valence-corrected chi connectivity index (χ1v) is 6.18. The van der Waals surface area contributed by atoms with Gasteiger partial charge in [0.1, 0.15) is 11.8 Å². The molecule has 0 saturated heterocycles. The summed E-state index contributed by atoms with van der Waals surface area (Å²) in [5.74, 6) is 0.839. The van der Waals surface area contributed by atoms with Gasteiger partial charge in [0.25, 0.3) is 0 Å². The van der Waals surface area contributed by atoms with Crippen LogP contribution in [0.15, 0.2) is 64.6 Å². The van der Waals surface area contributed by atoms with Crippen molar-refractivity contribution >= 4 is 17.6 Å². The van der Waals surface area contributed by atoms with Gasteiger partial charge in [-0.15, -0.1) is 0 Å². The number of ether oxygens (including phenoxy) is 1. The zero-order chi connectivity index (χ0) is 13.1. The van der Waals surface area contributed by atoms with Crippen molar-refractivity contribution in [2.45, 2.75) is 6.04 Å². The smallest absolute Gasteiger partial charge is 0.128 e. The van der Waals surface area contributed by atoms with Crippen molar-refractivity contribution in [1.29, 1.82) is 0 Å². The lowest BCUT2D eigenvalue weighted by atomic mass is 10.1. The largest absolute Gasteiger partial charge is 0.497 e. The molecule has 1 unspecified atom stereocenters. The molecule has 2 aromatic carbocycles. The number of hydrogen-bond acceptors (Lipinski definition) is 3. The van der Waals surface area contributed by atoms with Gasteiger partial charge in [-0.3, -0.25) is 9.98 Å². The predicted octanol–water partition coefficient (Wildman–Crippen LogP) is 3.27. The van der Waals surface area contributed by atoms with E-state index in [0.717, 1.165) is 17.1 Å². The SMILES string of the molecule is COc1ccc(N=CC2N=C2c2ccccc2)cc1. The number of methoxy groups -OCH3 is 1. The lowest BCUT2D eigenvalue weighted by molar-refractivity contribution is 0.415. The summed E-state index contributed by atoms with van der Waals surface area (Å²) in [5.41, 5.74) is 3.20. The molecule has 0 fully saturated rings. The predicted molar refractivity (Wildman–Crippen MR) is 77.9 cm³/mol. The molecule has 0 aromatic heterocycles. The van der Waals surface area contributed by atoms with E-state index in [-0.39, 0.29) is 6.04 Å². The third kappa shape index (κ3) is 2.71. The van der Waals surface area contributed by atoms with E-state index in [1.54, 1.807) is 7.11 Å². The van der Waals surface area contributed by atoms with Gasteiger partial charge in [-0.1, -0.05) is 30.3 Å². The van der Waals surface area contributed by atoms with Crippen molar-refractivity contribution in [3.63, 3.8) is 0 Å². The van der Waals surface area contributed by atoms with Gasteiger partial charge in [-0.25, -0.2) is 0 Å². The minimum Gasteiger partial charge on any atom is -0.497 e. The van der Waals surface area contributed by atoms with E-state index < -0.39 is 0 Å². The van der Waals surface area contributed by atoms with Gasteiger partial charge in [-0.2, -0.15) is 0 Å². The van der Waals surface area contributed by atoms with Crippen LogP contribution >= 0.6 is 0 Å². The highest BCUT2D eigenvalue weighted by Gasteiger charge is 2.26. The molecule has 0 spiro atoms. The zero-order valence-electron chi connectivity index (χ0n) is 10.7. The zero-order valence-corrected chi connectivity index (χ0v) is 10.7. The van der Waals surface area contributed by atoms with Gasteiger partial charge in [-0.05, 0) is 29.8 Å². The summed E-state index contributed by atoms with van der Waals surface area (Å²) >= 11 is 0. The van der Waals surface area contributed by atoms with Crippen molar-refractivity contribution in [3.8, 4) is 5.75 Å². The van der Waals surface area contributed by atoms with Crippen LogP contribution in [0, 0.1) is 0 Å². The summed E-state index contributed by atoms with van der Waals surface area (Å²) < 4.78 is 5.11. The van der Waals surface area contributed by atoms with Gasteiger partial charge < -0.3 is 4.74 Å². The Morgan fingerprint density at radius 1 is 1.05 bits per heavy atom. The minimum absolute atomic E-state index is 0.129. The Bertz CT molecular complexity index is 615. The molecule has 1 aliphatic heterocycles. The summed E-state index contributed by atoms with van der Waals surface area (Å²) in [7, 11) is 1.66. The van der Waals surface area contributed by atoms with Crippen LogP contribution < -0.4 is 4.74 Å². The molecular formula is C16H14N2O. The van der Waals surface area contributed by atoms with E-state index in [1.165, 1.54) is 5.56 Å². The molecule has 1 atom stereocenters. The third-order valence-electron chi connectivity index (χ3n) is 3.00. The normalized spacial score (nSPS) is 17.3. The molecule has 19 heavy (non-hydrogen) atoms. The molecule has 3 rings (SSSR count). The van der Waals surface area contributed by atoms with Crippen LogP contribution in [-0.2, 0) is 0 Å². The first kappa shape index (κ1) is 11.7. The second-order valence-corrected chi connectivity index (χ2v) is 4.30. The summed E-state index contributed by atoms with van der Waals surface area (Å²) in [6.07, 6.45) is 1.88. The highest BCUT2D eigenvalue weighted by atomic mass is 16.5. The Hall–Kier alpha value is -2.42. The molecule has 94 valence electrons. The van der Waals surface area contributed by atoms with Crippen LogP contribution in [0.5, 0.6) is 5.75 Å². The number of benzene rings is 2. The van der Waals surface area contributed by atoms with E-state index in [0.29, 0.717) is 0 Å². The van der Waals surface area contributed by atoms with E-state index in [2.05, 4.69) is 22.1 Å². The molecule has 3 nitrogen and oxygen atoms in total. The average molecular weight is 250 g/mol. The number of hydrogen-bond donors (Lipinski definition) is 0. The second-order valence-electron chi connectivity index (χ2n) is 4.30. The van der Waals surface area contributed by atoms with Crippen molar-refractivity contribution in [2.24, 2.45) is 9.98 Å². The van der Waals surface area contributed by atoms with E-state index in [9.17, 15) is 0 Å². The summed E-state index contributed by atoms with van der Waals surface area (Å²) in [6.45, 7) is 0. The fourth-order valence-electron chi connectivity index (χ4n) is 1.90. The Morgan fingerprint density at radius 2 is 1.79 bits per heavy atom. The molecule has 0 aliphatic carbocycles. The van der Waals surface area contributed by atoms with Gasteiger partial charge >= 0.3 is 0 Å². The number of nitrogens with zero attached hydrogens (tertiary/aromatic N) is 2. The summed E-state index contributed by atoms with van der Waals surface area (Å²) in [6, 6.07) is 18.0. The van der Waals surface area contributed by atoms with Crippen LogP contribution in [0.4, 0.5) is 5.69 Å². The van der Waals surface area contributed by atoms with Crippen LogP contribution in [0.2, 0.25) is 0 Å². The van der Waals surface area contributed by atoms with Crippen LogP contribution in [0.25, 0.3) is 0 Å². The molecule has 1 aliphatic rings. The maximum absolute atomic E-state index is 5.11. The Balaban J connectivity index is 1.63. The van der Waals surface area contributed by atoms with Crippen molar-refractivity contribution < 1.29 is 4.74 Å². The standard InChI is InChI=1S/C16H14N2O/c1-19-14-9-7-13(8-10-14)17-11-15-16(18-15)12-5-3-2-4-6-12/h2-11,15H,1H3. The molecule has 0 saturated carbocycles. The highest BCUT2D eigenvalue weighted by molar-refractivity contribution is 6.22. The van der Waals surface area contributed by atoms with Gasteiger partial charge in [0, 0.05) is 6.21 Å². The molecule has 1 heterocycles. The maximum atomic E-state index is 5.11. The maximum Gasteiger partial charge on any atom is 0.128 e. The average Bonchev–Trinajstić information content (AvgIpc) is 3.26. The van der Waals surface area contributed by atoms with Crippen molar-refractivity contribution in [1.82, 2.24) is 0 Å². The minimum atomic E-state index is 0.129. The summed E-state index contributed by atoms with van der Waals surface area (Å²) in [5, 5.41) is 0. The molecule has 0 N–H and O–H groups in total. The number of aliphatic imine (C=N–C) groups is 2. The molecular weight excluding hydrogens is 236 g/mol. The molecule has 0 amide bonds. The third-order valence-corrected chi connectivity index (χ3v) is 3.00. The van der Waals surface area contributed by atoms with Crippen LogP contribution in [-0.4, -0.2) is 25.1 Å². The molecule has 3 heteroatoms. The molecule has 2 aromatic rings. The fourth-order valence-corrected chi connectivity index (χ4v) is 1.90. The molecule has 0 bridgehead atoms. The topological polar surface area (TPSA) is 34.0 Å². The van der Waals surface area contributed by atoms with Gasteiger partial charge in [0.05, 0.1) is 18.5 Å². The Morgan fingerprint density at radius 3 is 2.47 bits per heavy atom. The van der Waals surface area contributed by atoms with Crippen molar-refractivity contribution in [2.75, 3.05) is 7.11 Å². The van der Waals surface area contributed by atoms with Crippen molar-refractivity contribution in [3.05, 3.63) is 60.2 Å². The Labute approximate surface area is 112 Å². The van der Waals surface area contributed by atoms with Crippen LogP contribution in [0.3, 0.4) is 0 Å². The second kappa shape index (κ2) is 5.06. The quantitative estimate of drug-likeness (QED) is 0.767. The van der Waals surface area contributed by atoms with Gasteiger partial charge in [0.2, 0.25) is 0 Å². The number of rotatable bonds is 4. The van der Waals surface area contributed by atoms with Crippen LogP contribution in [0.1, 0.15) is 5.56 Å². The van der Waals surface area contributed by atoms with E-state index >= 15 is 0 Å².